The van der Waals surface area contributed by atoms with Crippen LogP contribution in [-0.2, 0) is 4.74 Å². The Morgan fingerprint density at radius 3 is 2.50 bits per heavy atom. The van der Waals surface area contributed by atoms with Crippen molar-refractivity contribution in [1.29, 1.82) is 0 Å². The monoisotopic (exact) mass is 428 g/mol. The first-order chi connectivity index (χ1) is 14.1. The predicted octanol–water partition coefficient (Wildman–Crippen LogP) is 6.45. The van der Waals surface area contributed by atoms with Gasteiger partial charge in [-0.1, -0.05) is 19.8 Å². The molecule has 3 aromatic rings. The van der Waals surface area contributed by atoms with Gasteiger partial charge in [-0.25, -0.2) is 4.79 Å². The molecule has 0 aliphatic carbocycles. The number of carbonyl (C=O) groups excluding carboxylic acids is 1. The first-order valence-electron chi connectivity index (χ1n) is 10.2. The van der Waals surface area contributed by atoms with Crippen LogP contribution in [0.15, 0.2) is 48.5 Å². The molecule has 0 amide bonds. The summed E-state index contributed by atoms with van der Waals surface area (Å²) in [6, 6.07) is 15.2. The van der Waals surface area contributed by atoms with Gasteiger partial charge in [0.05, 0.1) is 24.3 Å². The smallest absolute Gasteiger partial charge is 0.338 e. The number of unbranched alkanes of at least 4 members (excludes halogenated alkanes) is 2. The summed E-state index contributed by atoms with van der Waals surface area (Å²) in [4.78, 5) is 16.7. The summed E-state index contributed by atoms with van der Waals surface area (Å²) in [5, 5.41) is 4.42. The largest absolute Gasteiger partial charge is 0.494 e. The van der Waals surface area contributed by atoms with Crippen molar-refractivity contribution in [1.82, 2.24) is 4.98 Å². The molecule has 3 rings (SSSR count). The van der Waals surface area contributed by atoms with Gasteiger partial charge in [-0.15, -0.1) is 12.4 Å². The molecule has 1 N–H and O–H groups in total. The number of esters is 1. The van der Waals surface area contributed by atoms with Crippen LogP contribution in [0.25, 0.3) is 10.9 Å². The maximum absolute atomic E-state index is 12.1. The molecule has 0 saturated carbocycles. The molecule has 0 saturated heterocycles. The zero-order valence-corrected chi connectivity index (χ0v) is 18.6. The van der Waals surface area contributed by atoms with E-state index in [1.165, 1.54) is 0 Å². The third kappa shape index (κ3) is 6.10. The Bertz CT molecular complexity index is 974. The average molecular weight is 429 g/mol. The lowest BCUT2D eigenvalue weighted by Gasteiger charge is -2.13. The molecule has 0 spiro atoms. The highest BCUT2D eigenvalue weighted by molar-refractivity contribution is 5.94. The number of anilines is 2. The maximum Gasteiger partial charge on any atom is 0.338 e. The van der Waals surface area contributed by atoms with Crippen molar-refractivity contribution >= 4 is 40.7 Å². The molecular weight excluding hydrogens is 400 g/mol. The summed E-state index contributed by atoms with van der Waals surface area (Å²) in [5.74, 6) is 0.536. The van der Waals surface area contributed by atoms with Crippen molar-refractivity contribution in [3.05, 3.63) is 59.8 Å². The number of pyridine rings is 1. The van der Waals surface area contributed by atoms with Crippen LogP contribution >= 0.6 is 12.4 Å². The molecule has 0 unspecified atom stereocenters. The molecule has 160 valence electrons. The van der Waals surface area contributed by atoms with Crippen molar-refractivity contribution < 1.29 is 14.3 Å². The Morgan fingerprint density at radius 1 is 1.03 bits per heavy atom. The van der Waals surface area contributed by atoms with Gasteiger partial charge < -0.3 is 14.8 Å². The number of nitrogens with one attached hydrogen (secondary N) is 1. The van der Waals surface area contributed by atoms with E-state index in [1.807, 2.05) is 50.2 Å². The van der Waals surface area contributed by atoms with Crippen molar-refractivity contribution in [3.8, 4) is 5.75 Å². The van der Waals surface area contributed by atoms with Crippen LogP contribution in [0.4, 0.5) is 11.4 Å². The van der Waals surface area contributed by atoms with E-state index in [0.29, 0.717) is 18.8 Å². The number of hydrogen-bond donors (Lipinski definition) is 1. The van der Waals surface area contributed by atoms with Crippen LogP contribution in [-0.4, -0.2) is 24.2 Å². The molecule has 0 aliphatic heterocycles. The highest BCUT2D eigenvalue weighted by Gasteiger charge is 2.09. The Hall–Kier alpha value is -2.79. The van der Waals surface area contributed by atoms with E-state index >= 15 is 0 Å². The summed E-state index contributed by atoms with van der Waals surface area (Å²) >= 11 is 0. The van der Waals surface area contributed by atoms with Gasteiger partial charge in [0.1, 0.15) is 5.75 Å². The van der Waals surface area contributed by atoms with E-state index in [1.54, 1.807) is 12.1 Å². The number of halogens is 1. The zero-order chi connectivity index (χ0) is 20.6. The van der Waals surface area contributed by atoms with E-state index in [4.69, 9.17) is 9.47 Å². The fourth-order valence-corrected chi connectivity index (χ4v) is 3.14. The third-order valence-electron chi connectivity index (χ3n) is 4.60. The average Bonchev–Trinajstić information content (AvgIpc) is 2.72. The van der Waals surface area contributed by atoms with Gasteiger partial charge in [-0.2, -0.15) is 0 Å². The quantitative estimate of drug-likeness (QED) is 0.313. The number of fused-ring (bicyclic) bond motifs is 1. The maximum atomic E-state index is 12.1. The van der Waals surface area contributed by atoms with E-state index in [0.717, 1.165) is 53.0 Å². The van der Waals surface area contributed by atoms with Crippen LogP contribution in [0.3, 0.4) is 0 Å². The highest BCUT2D eigenvalue weighted by atomic mass is 35.5. The number of aryl methyl sites for hydroxylation is 1. The summed E-state index contributed by atoms with van der Waals surface area (Å²) in [7, 11) is 0. The SMILES string of the molecule is CCCCCOC(=O)c1ccc(Nc2cc(C)nc3ccc(OCC)cc23)cc1.Cl. The summed E-state index contributed by atoms with van der Waals surface area (Å²) in [6.45, 7) is 7.14. The van der Waals surface area contributed by atoms with Crippen LogP contribution in [0.2, 0.25) is 0 Å². The van der Waals surface area contributed by atoms with Crippen molar-refractivity contribution in [2.24, 2.45) is 0 Å². The molecule has 0 atom stereocenters. The second-order valence-electron chi connectivity index (χ2n) is 6.97. The Morgan fingerprint density at radius 2 is 1.80 bits per heavy atom. The fourth-order valence-electron chi connectivity index (χ4n) is 3.14. The Kier molecular flexibility index (Phi) is 8.93. The van der Waals surface area contributed by atoms with Crippen LogP contribution in [0, 0.1) is 6.92 Å². The minimum atomic E-state index is -0.279. The molecule has 6 heteroatoms. The van der Waals surface area contributed by atoms with Crippen LogP contribution in [0.5, 0.6) is 5.75 Å². The van der Waals surface area contributed by atoms with E-state index < -0.39 is 0 Å². The number of hydrogen-bond acceptors (Lipinski definition) is 5. The second-order valence-corrected chi connectivity index (χ2v) is 6.97. The Balaban J connectivity index is 0.00000320. The van der Waals surface area contributed by atoms with Gasteiger partial charge >= 0.3 is 5.97 Å². The second kappa shape index (κ2) is 11.4. The van der Waals surface area contributed by atoms with Gasteiger partial charge in [0.25, 0.3) is 0 Å². The van der Waals surface area contributed by atoms with Crippen molar-refractivity contribution in [2.45, 2.75) is 40.0 Å². The normalized spacial score (nSPS) is 10.4. The third-order valence-corrected chi connectivity index (χ3v) is 4.60. The number of carbonyl (C=O) groups is 1. The van der Waals surface area contributed by atoms with E-state index in [9.17, 15) is 4.79 Å². The first-order valence-corrected chi connectivity index (χ1v) is 10.2. The molecular formula is C24H29ClN2O3. The van der Waals surface area contributed by atoms with Gasteiger partial charge in [0.15, 0.2) is 0 Å². The standard InChI is InChI=1S/C24H28N2O3.ClH/c1-4-6-7-14-29-24(27)18-8-10-19(11-9-18)26-23-15-17(3)25-22-13-12-20(28-5-2)16-21(22)23;/h8-13,15-16H,4-7,14H2,1-3H3,(H,25,26);1H. The topological polar surface area (TPSA) is 60.5 Å². The summed E-state index contributed by atoms with van der Waals surface area (Å²) in [5.41, 5.74) is 4.23. The van der Waals surface area contributed by atoms with Gasteiger partial charge in [0.2, 0.25) is 0 Å². The molecule has 0 bridgehead atoms. The minimum Gasteiger partial charge on any atom is -0.494 e. The molecule has 0 aliphatic rings. The van der Waals surface area contributed by atoms with Crippen molar-refractivity contribution in [3.63, 3.8) is 0 Å². The molecule has 30 heavy (non-hydrogen) atoms. The molecule has 0 fully saturated rings. The molecule has 1 heterocycles. The summed E-state index contributed by atoms with van der Waals surface area (Å²) < 4.78 is 10.9. The van der Waals surface area contributed by atoms with Crippen molar-refractivity contribution in [2.75, 3.05) is 18.5 Å². The number of nitrogens with zero attached hydrogens (tertiary/aromatic N) is 1. The van der Waals surface area contributed by atoms with E-state index in [2.05, 4.69) is 17.2 Å². The zero-order valence-electron chi connectivity index (χ0n) is 17.7. The number of aromatic nitrogens is 1. The lowest BCUT2D eigenvalue weighted by molar-refractivity contribution is 0.0498. The number of benzene rings is 2. The Labute approximate surface area is 184 Å². The van der Waals surface area contributed by atoms with Gasteiger partial charge in [-0.05, 0) is 68.8 Å². The van der Waals surface area contributed by atoms with Gasteiger partial charge in [0, 0.05) is 22.5 Å². The van der Waals surface area contributed by atoms with Gasteiger partial charge in [-0.3, -0.25) is 4.98 Å². The fraction of sp³-hybridized carbons (Fsp3) is 0.333. The highest BCUT2D eigenvalue weighted by Crippen LogP contribution is 2.29. The first kappa shape index (κ1) is 23.5. The van der Waals surface area contributed by atoms with Crippen LogP contribution in [0.1, 0.15) is 49.2 Å². The number of rotatable bonds is 9. The summed E-state index contributed by atoms with van der Waals surface area (Å²) in [6.07, 6.45) is 3.08. The van der Waals surface area contributed by atoms with E-state index in [-0.39, 0.29) is 18.4 Å². The number of ether oxygens (including phenoxy) is 2. The lowest BCUT2D eigenvalue weighted by atomic mass is 10.1. The predicted molar refractivity (Wildman–Crippen MR) is 124 cm³/mol. The molecule has 5 nitrogen and oxygen atoms in total. The molecule has 0 radical (unpaired) electrons. The minimum absolute atomic E-state index is 0. The molecule has 2 aromatic carbocycles. The lowest BCUT2D eigenvalue weighted by Crippen LogP contribution is -2.06. The van der Waals surface area contributed by atoms with Crippen LogP contribution < -0.4 is 10.1 Å². The molecule has 1 aromatic heterocycles.